The van der Waals surface area contributed by atoms with Crippen molar-refractivity contribution in [2.75, 3.05) is 0 Å². The van der Waals surface area contributed by atoms with Gasteiger partial charge in [0.25, 0.3) is 0 Å². The van der Waals surface area contributed by atoms with E-state index >= 15 is 0 Å². The molecule has 0 heterocycles. The number of hydrogen-bond donors (Lipinski definition) is 0. The number of nitrogens with zero attached hydrogens (tertiary/aromatic N) is 1. The van der Waals surface area contributed by atoms with Gasteiger partial charge in [0, 0.05) is 11.1 Å². The van der Waals surface area contributed by atoms with E-state index in [0.29, 0.717) is 12.1 Å². The molecule has 0 aliphatic rings. The summed E-state index contributed by atoms with van der Waals surface area (Å²) >= 11 is 0. The Balaban J connectivity index is 2.75. The standard InChI is InChI=1S/C13H5F4N/c14-8-1-2-11(15)10(4-8)9-5-13(17)12(16)3-7(9)6-18/h1-5H. The van der Waals surface area contributed by atoms with Crippen LogP contribution in [0.4, 0.5) is 17.6 Å². The van der Waals surface area contributed by atoms with E-state index in [9.17, 15) is 17.6 Å². The summed E-state index contributed by atoms with van der Waals surface area (Å²) < 4.78 is 52.6. The number of nitriles is 1. The van der Waals surface area contributed by atoms with Crippen molar-refractivity contribution in [1.82, 2.24) is 0 Å². The second kappa shape index (κ2) is 4.49. The minimum absolute atomic E-state index is 0.187. The Hall–Kier alpha value is -2.35. The lowest BCUT2D eigenvalue weighted by Gasteiger charge is -2.06. The summed E-state index contributed by atoms with van der Waals surface area (Å²) in [6, 6.07) is 5.50. The van der Waals surface area contributed by atoms with E-state index in [1.165, 1.54) is 0 Å². The van der Waals surface area contributed by atoms with Crippen LogP contribution in [0.15, 0.2) is 30.3 Å². The van der Waals surface area contributed by atoms with Crippen molar-refractivity contribution in [2.45, 2.75) is 0 Å². The van der Waals surface area contributed by atoms with Crippen LogP contribution < -0.4 is 0 Å². The molecule has 0 unspecified atom stereocenters. The Morgan fingerprint density at radius 3 is 2.11 bits per heavy atom. The highest BCUT2D eigenvalue weighted by Crippen LogP contribution is 2.28. The van der Waals surface area contributed by atoms with Crippen molar-refractivity contribution in [2.24, 2.45) is 0 Å². The third kappa shape index (κ3) is 2.05. The first-order valence-electron chi connectivity index (χ1n) is 4.87. The molecule has 0 radical (unpaired) electrons. The highest BCUT2D eigenvalue weighted by Gasteiger charge is 2.15. The minimum Gasteiger partial charge on any atom is -0.207 e. The molecule has 0 amide bonds. The molecule has 2 rings (SSSR count). The van der Waals surface area contributed by atoms with E-state index in [1.807, 2.05) is 0 Å². The lowest BCUT2D eigenvalue weighted by Crippen LogP contribution is -1.94. The molecule has 18 heavy (non-hydrogen) atoms. The number of hydrogen-bond acceptors (Lipinski definition) is 1. The van der Waals surface area contributed by atoms with Crippen LogP contribution in [0.3, 0.4) is 0 Å². The van der Waals surface area contributed by atoms with Gasteiger partial charge in [0.1, 0.15) is 11.6 Å². The Morgan fingerprint density at radius 2 is 1.44 bits per heavy atom. The molecule has 0 aliphatic carbocycles. The molecular weight excluding hydrogens is 246 g/mol. The van der Waals surface area contributed by atoms with E-state index in [4.69, 9.17) is 5.26 Å². The third-order valence-corrected chi connectivity index (χ3v) is 2.40. The Kier molecular flexibility index (Phi) is 3.02. The molecule has 0 fully saturated rings. The third-order valence-electron chi connectivity index (χ3n) is 2.40. The molecule has 2 aromatic rings. The highest BCUT2D eigenvalue weighted by atomic mass is 19.2. The maximum Gasteiger partial charge on any atom is 0.160 e. The van der Waals surface area contributed by atoms with Gasteiger partial charge in [0.15, 0.2) is 11.6 Å². The molecule has 0 aromatic heterocycles. The van der Waals surface area contributed by atoms with Crippen LogP contribution >= 0.6 is 0 Å². The second-order valence-electron chi connectivity index (χ2n) is 3.55. The van der Waals surface area contributed by atoms with Crippen molar-refractivity contribution < 1.29 is 17.6 Å². The first kappa shape index (κ1) is 12.1. The van der Waals surface area contributed by atoms with Crippen LogP contribution in [0, 0.1) is 34.6 Å². The summed E-state index contributed by atoms with van der Waals surface area (Å²) in [6.07, 6.45) is 0. The monoisotopic (exact) mass is 251 g/mol. The molecule has 0 N–H and O–H groups in total. The fraction of sp³-hybridized carbons (Fsp3) is 0. The van der Waals surface area contributed by atoms with Crippen molar-refractivity contribution in [3.8, 4) is 17.2 Å². The van der Waals surface area contributed by atoms with Crippen LogP contribution in [-0.4, -0.2) is 0 Å². The Labute approximate surface area is 99.9 Å². The first-order valence-corrected chi connectivity index (χ1v) is 4.87. The lowest BCUT2D eigenvalue weighted by atomic mass is 9.99. The summed E-state index contributed by atoms with van der Waals surface area (Å²) in [5.74, 6) is -4.00. The van der Waals surface area contributed by atoms with Gasteiger partial charge in [-0.2, -0.15) is 5.26 Å². The lowest BCUT2D eigenvalue weighted by molar-refractivity contribution is 0.508. The molecule has 5 heteroatoms. The summed E-state index contributed by atoms with van der Waals surface area (Å²) in [6.45, 7) is 0. The largest absolute Gasteiger partial charge is 0.207 e. The number of benzene rings is 2. The smallest absolute Gasteiger partial charge is 0.160 e. The zero-order valence-electron chi connectivity index (χ0n) is 8.85. The molecule has 0 bridgehead atoms. The van der Waals surface area contributed by atoms with E-state index in [-0.39, 0.29) is 16.7 Å². The molecule has 0 saturated heterocycles. The zero-order chi connectivity index (χ0) is 13.3. The van der Waals surface area contributed by atoms with Gasteiger partial charge in [-0.3, -0.25) is 0 Å². The van der Waals surface area contributed by atoms with Crippen LogP contribution in [0.1, 0.15) is 5.56 Å². The van der Waals surface area contributed by atoms with Gasteiger partial charge in [-0.1, -0.05) is 0 Å². The summed E-state index contributed by atoms with van der Waals surface area (Å²) in [7, 11) is 0. The molecule has 90 valence electrons. The van der Waals surface area contributed by atoms with Crippen molar-refractivity contribution in [3.05, 3.63) is 59.2 Å². The summed E-state index contributed by atoms with van der Waals surface area (Å²) in [5, 5.41) is 8.80. The Bertz CT molecular complexity index is 659. The maximum atomic E-state index is 13.5. The van der Waals surface area contributed by atoms with Gasteiger partial charge < -0.3 is 0 Å². The van der Waals surface area contributed by atoms with E-state index in [2.05, 4.69) is 0 Å². The first-order chi connectivity index (χ1) is 8.52. The zero-order valence-corrected chi connectivity index (χ0v) is 8.85. The number of rotatable bonds is 1. The van der Waals surface area contributed by atoms with Crippen molar-refractivity contribution in [1.29, 1.82) is 5.26 Å². The molecule has 0 aliphatic heterocycles. The molecular formula is C13H5F4N. The van der Waals surface area contributed by atoms with E-state index in [1.54, 1.807) is 6.07 Å². The minimum atomic E-state index is -1.23. The van der Waals surface area contributed by atoms with Gasteiger partial charge in [-0.05, 0) is 30.3 Å². The van der Waals surface area contributed by atoms with Gasteiger partial charge in [-0.25, -0.2) is 17.6 Å². The highest BCUT2D eigenvalue weighted by molar-refractivity contribution is 5.71. The van der Waals surface area contributed by atoms with Gasteiger partial charge in [0.2, 0.25) is 0 Å². The van der Waals surface area contributed by atoms with Crippen LogP contribution in [-0.2, 0) is 0 Å². The van der Waals surface area contributed by atoms with Crippen LogP contribution in [0.25, 0.3) is 11.1 Å². The molecule has 1 nitrogen and oxygen atoms in total. The SMILES string of the molecule is N#Cc1cc(F)c(F)cc1-c1cc(F)ccc1F. The summed E-state index contributed by atoms with van der Waals surface area (Å²) in [4.78, 5) is 0. The number of halogens is 4. The van der Waals surface area contributed by atoms with Crippen LogP contribution in [0.2, 0.25) is 0 Å². The van der Waals surface area contributed by atoms with Gasteiger partial charge in [0.05, 0.1) is 11.6 Å². The molecule has 0 atom stereocenters. The molecule has 2 aromatic carbocycles. The molecule has 0 saturated carbocycles. The average molecular weight is 251 g/mol. The quantitative estimate of drug-likeness (QED) is 0.707. The molecule has 0 spiro atoms. The van der Waals surface area contributed by atoms with Crippen LogP contribution in [0.5, 0.6) is 0 Å². The average Bonchev–Trinajstić information content (AvgIpc) is 2.35. The van der Waals surface area contributed by atoms with E-state index < -0.39 is 23.3 Å². The van der Waals surface area contributed by atoms with E-state index in [0.717, 1.165) is 18.2 Å². The predicted molar refractivity (Wildman–Crippen MR) is 56.4 cm³/mol. The maximum absolute atomic E-state index is 13.5. The Morgan fingerprint density at radius 1 is 0.778 bits per heavy atom. The fourth-order valence-electron chi connectivity index (χ4n) is 1.57. The van der Waals surface area contributed by atoms with Crippen molar-refractivity contribution in [3.63, 3.8) is 0 Å². The fourth-order valence-corrected chi connectivity index (χ4v) is 1.57. The van der Waals surface area contributed by atoms with Gasteiger partial charge in [-0.15, -0.1) is 0 Å². The normalized spacial score (nSPS) is 10.2. The summed E-state index contributed by atoms with van der Waals surface area (Å²) in [5.41, 5.74) is -0.739. The topological polar surface area (TPSA) is 23.8 Å². The predicted octanol–water partition coefficient (Wildman–Crippen LogP) is 3.78. The second-order valence-corrected chi connectivity index (χ2v) is 3.55. The van der Waals surface area contributed by atoms with Gasteiger partial charge >= 0.3 is 0 Å². The van der Waals surface area contributed by atoms with Crippen molar-refractivity contribution >= 4 is 0 Å².